The van der Waals surface area contributed by atoms with Crippen molar-refractivity contribution in [3.63, 3.8) is 0 Å². The zero-order valence-electron chi connectivity index (χ0n) is 16.3. The summed E-state index contributed by atoms with van der Waals surface area (Å²) in [6.07, 6.45) is 0. The van der Waals surface area contributed by atoms with Gasteiger partial charge >= 0.3 is 0 Å². The molecule has 0 spiro atoms. The Labute approximate surface area is 175 Å². The Kier molecular flexibility index (Phi) is 6.04. The Balaban J connectivity index is 1.52. The van der Waals surface area contributed by atoms with Gasteiger partial charge < -0.3 is 14.4 Å². The van der Waals surface area contributed by atoms with Gasteiger partial charge in [-0.1, -0.05) is 41.9 Å². The highest BCUT2D eigenvalue weighted by molar-refractivity contribution is 6.32. The lowest BCUT2D eigenvalue weighted by molar-refractivity contribution is -0.0814. The van der Waals surface area contributed by atoms with Gasteiger partial charge in [-0.3, -0.25) is 9.69 Å². The molecule has 0 saturated carbocycles. The molecule has 2 fully saturated rings. The maximum Gasteiger partial charge on any atom is 0.254 e. The summed E-state index contributed by atoms with van der Waals surface area (Å²) in [5.41, 5.74) is 1.48. The molecule has 2 aromatic carbocycles. The van der Waals surface area contributed by atoms with E-state index < -0.39 is 5.82 Å². The number of carbonyl (C=O) groups excluding carboxylic acids is 1. The topological polar surface area (TPSA) is 42.0 Å². The Bertz CT molecular complexity index is 843. The smallest absolute Gasteiger partial charge is 0.254 e. The number of hydrogen-bond donors (Lipinski definition) is 0. The van der Waals surface area contributed by atoms with Crippen molar-refractivity contribution in [3.8, 4) is 5.75 Å². The lowest BCUT2D eigenvalue weighted by Gasteiger charge is -2.49. The van der Waals surface area contributed by atoms with Crippen LogP contribution in [0.2, 0.25) is 5.02 Å². The molecule has 2 aromatic rings. The number of carbonyl (C=O) groups is 1. The van der Waals surface area contributed by atoms with E-state index in [1.54, 1.807) is 6.92 Å². The summed E-state index contributed by atoms with van der Waals surface area (Å²) in [6, 6.07) is 12.8. The van der Waals surface area contributed by atoms with Gasteiger partial charge in [0.2, 0.25) is 0 Å². The van der Waals surface area contributed by atoms with E-state index in [9.17, 15) is 9.18 Å². The minimum atomic E-state index is -0.619. The maximum atomic E-state index is 14.4. The van der Waals surface area contributed by atoms with E-state index in [1.165, 1.54) is 17.7 Å². The Morgan fingerprint density at radius 3 is 2.52 bits per heavy atom. The average molecular weight is 419 g/mol. The van der Waals surface area contributed by atoms with Crippen molar-refractivity contribution in [1.29, 1.82) is 0 Å². The third kappa shape index (κ3) is 4.25. The molecule has 154 valence electrons. The number of fused-ring (bicyclic) bond motifs is 2. The molecule has 29 heavy (non-hydrogen) atoms. The summed E-state index contributed by atoms with van der Waals surface area (Å²) in [5, 5.41) is 0.110. The van der Waals surface area contributed by atoms with Crippen LogP contribution in [0.15, 0.2) is 42.5 Å². The number of nitrogens with zero attached hydrogens (tertiary/aromatic N) is 2. The fourth-order valence-electron chi connectivity index (χ4n) is 4.17. The van der Waals surface area contributed by atoms with Crippen LogP contribution in [-0.2, 0) is 11.3 Å². The van der Waals surface area contributed by atoms with Crippen molar-refractivity contribution in [2.75, 3.05) is 32.9 Å². The van der Waals surface area contributed by atoms with Crippen molar-refractivity contribution >= 4 is 17.5 Å². The van der Waals surface area contributed by atoms with Crippen molar-refractivity contribution < 1.29 is 18.7 Å². The molecule has 2 aliphatic rings. The molecule has 0 unspecified atom stereocenters. The largest absolute Gasteiger partial charge is 0.489 e. The number of morpholine rings is 1. The lowest BCUT2D eigenvalue weighted by atomic mass is 10.0. The zero-order valence-corrected chi connectivity index (χ0v) is 17.1. The highest BCUT2D eigenvalue weighted by Crippen LogP contribution is 2.31. The molecule has 5 nitrogen and oxygen atoms in total. The first kappa shape index (κ1) is 20.1. The van der Waals surface area contributed by atoms with E-state index in [0.717, 1.165) is 6.54 Å². The van der Waals surface area contributed by atoms with Gasteiger partial charge in [0.25, 0.3) is 5.91 Å². The second kappa shape index (κ2) is 8.69. The summed E-state index contributed by atoms with van der Waals surface area (Å²) in [5.74, 6) is -0.847. The molecule has 0 aromatic heterocycles. The number of halogens is 2. The van der Waals surface area contributed by atoms with Gasteiger partial charge in [-0.25, -0.2) is 4.39 Å². The zero-order chi connectivity index (χ0) is 20.4. The highest BCUT2D eigenvalue weighted by atomic mass is 35.5. The van der Waals surface area contributed by atoms with Crippen LogP contribution in [-0.4, -0.2) is 60.7 Å². The normalized spacial score (nSPS) is 21.8. The summed E-state index contributed by atoms with van der Waals surface area (Å²) in [4.78, 5) is 17.4. The number of ether oxygens (including phenoxy) is 2. The van der Waals surface area contributed by atoms with Crippen LogP contribution in [0.3, 0.4) is 0 Å². The monoisotopic (exact) mass is 418 g/mol. The van der Waals surface area contributed by atoms with Crippen LogP contribution in [0.4, 0.5) is 4.39 Å². The fourth-order valence-corrected chi connectivity index (χ4v) is 4.43. The molecule has 4 rings (SSSR count). The summed E-state index contributed by atoms with van der Waals surface area (Å²) >= 11 is 6.16. The number of hydrogen-bond acceptors (Lipinski definition) is 4. The molecule has 2 aliphatic heterocycles. The molecule has 7 heteroatoms. The minimum absolute atomic E-state index is 0.0121. The lowest BCUT2D eigenvalue weighted by Crippen LogP contribution is -2.65. The number of benzene rings is 2. The van der Waals surface area contributed by atoms with E-state index in [4.69, 9.17) is 21.1 Å². The Hall–Kier alpha value is -2.15. The standard InChI is InChI=1S/C22H24ClFN2O3/c1-2-29-21-19(23)8-16(9-20(21)24)22(27)26-17-11-25(12-18(26)14-28-13-17)10-15-6-4-3-5-7-15/h3-9,17-18H,2,10-14H2,1H3/t17-,18+. The average Bonchev–Trinajstić information content (AvgIpc) is 2.70. The molecule has 1 amide bonds. The van der Waals surface area contributed by atoms with Crippen LogP contribution >= 0.6 is 11.6 Å². The second-order valence-corrected chi connectivity index (χ2v) is 7.85. The van der Waals surface area contributed by atoms with Gasteiger partial charge in [-0.15, -0.1) is 0 Å². The second-order valence-electron chi connectivity index (χ2n) is 7.44. The van der Waals surface area contributed by atoms with Gasteiger partial charge in [0.05, 0.1) is 36.9 Å². The van der Waals surface area contributed by atoms with E-state index >= 15 is 0 Å². The van der Waals surface area contributed by atoms with Gasteiger partial charge in [-0.2, -0.15) is 0 Å². The molecule has 0 aliphatic carbocycles. The third-order valence-corrected chi connectivity index (χ3v) is 5.64. The van der Waals surface area contributed by atoms with Gasteiger partial charge in [0.1, 0.15) is 0 Å². The molecular weight excluding hydrogens is 395 g/mol. The maximum absolute atomic E-state index is 14.4. The fraction of sp³-hybridized carbons (Fsp3) is 0.409. The van der Waals surface area contributed by atoms with E-state index in [0.29, 0.717) is 32.9 Å². The van der Waals surface area contributed by atoms with Crippen LogP contribution in [0, 0.1) is 5.82 Å². The first-order valence-electron chi connectivity index (χ1n) is 9.85. The SMILES string of the molecule is CCOc1c(F)cc(C(=O)N2[C@@H]3COC[C@H]2CN(Cc2ccccc2)C3)cc1Cl. The summed E-state index contributed by atoms with van der Waals surface area (Å²) in [7, 11) is 0. The van der Waals surface area contributed by atoms with Gasteiger partial charge in [0, 0.05) is 25.2 Å². The first-order chi connectivity index (χ1) is 14.1. The van der Waals surface area contributed by atoms with Gasteiger partial charge in [-0.05, 0) is 24.6 Å². The predicted octanol–water partition coefficient (Wildman–Crippen LogP) is 3.60. The molecule has 0 radical (unpaired) electrons. The highest BCUT2D eigenvalue weighted by Gasteiger charge is 2.41. The van der Waals surface area contributed by atoms with Crippen molar-refractivity contribution in [3.05, 3.63) is 64.4 Å². The summed E-state index contributed by atoms with van der Waals surface area (Å²) in [6.45, 7) is 5.26. The van der Waals surface area contributed by atoms with Crippen LogP contribution in [0.5, 0.6) is 5.75 Å². The quantitative estimate of drug-likeness (QED) is 0.744. The Morgan fingerprint density at radius 1 is 1.21 bits per heavy atom. The van der Waals surface area contributed by atoms with Crippen LogP contribution < -0.4 is 4.74 Å². The van der Waals surface area contributed by atoms with E-state index in [2.05, 4.69) is 17.0 Å². The predicted molar refractivity (Wildman–Crippen MR) is 109 cm³/mol. The van der Waals surface area contributed by atoms with Crippen molar-refractivity contribution in [2.45, 2.75) is 25.6 Å². The van der Waals surface area contributed by atoms with Crippen molar-refractivity contribution in [2.24, 2.45) is 0 Å². The van der Waals surface area contributed by atoms with Gasteiger partial charge in [0.15, 0.2) is 11.6 Å². The first-order valence-corrected chi connectivity index (χ1v) is 10.2. The molecule has 2 heterocycles. The summed E-state index contributed by atoms with van der Waals surface area (Å²) < 4.78 is 25.4. The van der Waals surface area contributed by atoms with E-state index in [-0.39, 0.29) is 34.3 Å². The Morgan fingerprint density at radius 2 is 1.90 bits per heavy atom. The van der Waals surface area contributed by atoms with E-state index in [1.807, 2.05) is 23.1 Å². The molecular formula is C22H24ClFN2O3. The third-order valence-electron chi connectivity index (χ3n) is 5.36. The molecule has 2 atom stereocenters. The number of rotatable bonds is 5. The molecule has 2 saturated heterocycles. The van der Waals surface area contributed by atoms with Crippen LogP contribution in [0.25, 0.3) is 0 Å². The molecule has 2 bridgehead atoms. The minimum Gasteiger partial charge on any atom is -0.489 e. The number of piperazine rings is 1. The van der Waals surface area contributed by atoms with Crippen LogP contribution in [0.1, 0.15) is 22.8 Å². The number of amides is 1. The molecule has 0 N–H and O–H groups in total. The van der Waals surface area contributed by atoms with Crippen molar-refractivity contribution in [1.82, 2.24) is 9.80 Å².